The molecule has 0 saturated heterocycles. The Morgan fingerprint density at radius 2 is 1.88 bits per heavy atom. The first-order valence-electron chi connectivity index (χ1n) is 5.83. The molecule has 3 N–H and O–H groups in total. The lowest BCUT2D eigenvalue weighted by molar-refractivity contribution is -0.120. The summed E-state index contributed by atoms with van der Waals surface area (Å²) in [7, 11) is 0. The molecule has 1 amide bonds. The fourth-order valence-electron chi connectivity index (χ4n) is 1.49. The van der Waals surface area contributed by atoms with Crippen LogP contribution < -0.4 is 11.1 Å². The zero-order valence-electron chi connectivity index (χ0n) is 10.2. The van der Waals surface area contributed by atoms with Crippen molar-refractivity contribution in [2.75, 3.05) is 12.3 Å². The maximum atomic E-state index is 11.5. The average Bonchev–Trinajstić information content (AvgIpc) is 2.28. The van der Waals surface area contributed by atoms with E-state index in [0.717, 1.165) is 24.2 Å². The predicted molar refractivity (Wildman–Crippen MR) is 74.3 cm³/mol. The summed E-state index contributed by atoms with van der Waals surface area (Å²) >= 11 is 0. The normalized spacial score (nSPS) is 9.47. The van der Waals surface area contributed by atoms with Crippen LogP contribution in [0.25, 0.3) is 0 Å². The van der Waals surface area contributed by atoms with Gasteiger partial charge in [0.2, 0.25) is 5.91 Å². The number of halogens is 1. The molecule has 0 aliphatic heterocycles. The highest BCUT2D eigenvalue weighted by Gasteiger charge is 2.01. The summed E-state index contributed by atoms with van der Waals surface area (Å²) < 4.78 is 0. The summed E-state index contributed by atoms with van der Waals surface area (Å²) in [6.07, 6.45) is 3.84. The SMILES string of the molecule is CCCCCNC(=O)Cc1ccc(N)cc1.Cl. The second-order valence-electron chi connectivity index (χ2n) is 3.98. The molecule has 0 radical (unpaired) electrons. The van der Waals surface area contributed by atoms with Gasteiger partial charge in [0.1, 0.15) is 0 Å². The Labute approximate surface area is 109 Å². The maximum Gasteiger partial charge on any atom is 0.224 e. The number of hydrogen-bond donors (Lipinski definition) is 2. The molecule has 1 rings (SSSR count). The first-order chi connectivity index (χ1) is 7.72. The minimum atomic E-state index is 0. The highest BCUT2D eigenvalue weighted by Crippen LogP contribution is 2.05. The molecule has 3 nitrogen and oxygen atoms in total. The molecule has 0 atom stereocenters. The number of amides is 1. The molecule has 0 saturated carbocycles. The van der Waals surface area contributed by atoms with Crippen LogP contribution in [0.3, 0.4) is 0 Å². The Kier molecular flexibility index (Phi) is 8.24. The van der Waals surface area contributed by atoms with E-state index in [0.29, 0.717) is 6.42 Å². The molecule has 17 heavy (non-hydrogen) atoms. The Balaban J connectivity index is 0.00000256. The monoisotopic (exact) mass is 256 g/mol. The number of rotatable bonds is 6. The summed E-state index contributed by atoms with van der Waals surface area (Å²) in [6, 6.07) is 7.42. The zero-order valence-corrected chi connectivity index (χ0v) is 11.1. The Morgan fingerprint density at radius 1 is 1.24 bits per heavy atom. The topological polar surface area (TPSA) is 55.1 Å². The molecule has 1 aromatic carbocycles. The van der Waals surface area contributed by atoms with Crippen molar-refractivity contribution in [1.82, 2.24) is 5.32 Å². The van der Waals surface area contributed by atoms with E-state index in [1.807, 2.05) is 24.3 Å². The molecule has 0 aromatic heterocycles. The second kappa shape index (κ2) is 8.88. The van der Waals surface area contributed by atoms with Crippen molar-refractivity contribution in [3.63, 3.8) is 0 Å². The van der Waals surface area contributed by atoms with Crippen LogP contribution in [0, 0.1) is 0 Å². The molecule has 0 heterocycles. The lowest BCUT2D eigenvalue weighted by Gasteiger charge is -2.05. The summed E-state index contributed by atoms with van der Waals surface area (Å²) in [5.41, 5.74) is 7.30. The van der Waals surface area contributed by atoms with E-state index in [2.05, 4.69) is 12.2 Å². The first kappa shape index (κ1) is 15.8. The quantitative estimate of drug-likeness (QED) is 0.607. The minimum absolute atomic E-state index is 0. The van der Waals surface area contributed by atoms with E-state index in [1.165, 1.54) is 12.8 Å². The number of unbranched alkanes of at least 4 members (excludes halogenated alkanes) is 2. The molecule has 0 aliphatic carbocycles. The summed E-state index contributed by atoms with van der Waals surface area (Å²) in [5.74, 6) is 0.0841. The predicted octanol–water partition coefficient (Wildman–Crippen LogP) is 2.54. The number of benzene rings is 1. The molecule has 1 aromatic rings. The van der Waals surface area contributed by atoms with Crippen molar-refractivity contribution in [1.29, 1.82) is 0 Å². The molecule has 0 bridgehead atoms. The van der Waals surface area contributed by atoms with Crippen LogP contribution in [0.5, 0.6) is 0 Å². The maximum absolute atomic E-state index is 11.5. The van der Waals surface area contributed by atoms with Gasteiger partial charge in [0.15, 0.2) is 0 Å². The molecule has 0 aliphatic rings. The molecule has 96 valence electrons. The Morgan fingerprint density at radius 3 is 2.47 bits per heavy atom. The van der Waals surface area contributed by atoms with Crippen LogP contribution >= 0.6 is 12.4 Å². The number of hydrogen-bond acceptors (Lipinski definition) is 2. The summed E-state index contributed by atoms with van der Waals surface area (Å²) in [6.45, 7) is 2.93. The third-order valence-electron chi connectivity index (χ3n) is 2.45. The van der Waals surface area contributed by atoms with Crippen molar-refractivity contribution in [2.24, 2.45) is 0 Å². The standard InChI is InChI=1S/C13H20N2O.ClH/c1-2-3-4-9-15-13(16)10-11-5-7-12(14)8-6-11;/h5-8H,2-4,9-10,14H2,1H3,(H,15,16);1H. The van der Waals surface area contributed by atoms with Crippen LogP contribution in [0.4, 0.5) is 5.69 Å². The average molecular weight is 257 g/mol. The number of nitrogens with one attached hydrogen (secondary N) is 1. The minimum Gasteiger partial charge on any atom is -0.399 e. The van der Waals surface area contributed by atoms with E-state index in [9.17, 15) is 4.79 Å². The third-order valence-corrected chi connectivity index (χ3v) is 2.45. The van der Waals surface area contributed by atoms with E-state index in [4.69, 9.17) is 5.73 Å². The summed E-state index contributed by atoms with van der Waals surface area (Å²) in [4.78, 5) is 11.5. The van der Waals surface area contributed by atoms with E-state index in [-0.39, 0.29) is 18.3 Å². The number of carbonyl (C=O) groups is 1. The molecule has 4 heteroatoms. The molecular weight excluding hydrogens is 236 g/mol. The van der Waals surface area contributed by atoms with Crippen molar-refractivity contribution in [2.45, 2.75) is 32.6 Å². The van der Waals surface area contributed by atoms with Gasteiger partial charge in [-0.25, -0.2) is 0 Å². The smallest absolute Gasteiger partial charge is 0.224 e. The van der Waals surface area contributed by atoms with Gasteiger partial charge in [-0.3, -0.25) is 4.79 Å². The van der Waals surface area contributed by atoms with Crippen LogP contribution in [0.2, 0.25) is 0 Å². The number of nitrogen functional groups attached to an aromatic ring is 1. The van der Waals surface area contributed by atoms with Crippen molar-refractivity contribution < 1.29 is 4.79 Å². The van der Waals surface area contributed by atoms with E-state index >= 15 is 0 Å². The fraction of sp³-hybridized carbons (Fsp3) is 0.462. The molecular formula is C13H21ClN2O. The largest absolute Gasteiger partial charge is 0.399 e. The Bertz CT molecular complexity index is 325. The van der Waals surface area contributed by atoms with Gasteiger partial charge in [0.25, 0.3) is 0 Å². The first-order valence-corrected chi connectivity index (χ1v) is 5.83. The van der Waals surface area contributed by atoms with Gasteiger partial charge in [0, 0.05) is 12.2 Å². The number of anilines is 1. The van der Waals surface area contributed by atoms with Gasteiger partial charge >= 0.3 is 0 Å². The van der Waals surface area contributed by atoms with Gasteiger partial charge in [-0.05, 0) is 24.1 Å². The van der Waals surface area contributed by atoms with Crippen LogP contribution in [-0.2, 0) is 11.2 Å². The van der Waals surface area contributed by atoms with E-state index < -0.39 is 0 Å². The number of nitrogens with two attached hydrogens (primary N) is 1. The Hall–Kier alpha value is -1.22. The van der Waals surface area contributed by atoms with Crippen LogP contribution in [-0.4, -0.2) is 12.5 Å². The second-order valence-corrected chi connectivity index (χ2v) is 3.98. The highest BCUT2D eigenvalue weighted by atomic mass is 35.5. The fourth-order valence-corrected chi connectivity index (χ4v) is 1.49. The zero-order chi connectivity index (χ0) is 11.8. The van der Waals surface area contributed by atoms with Crippen LogP contribution in [0.1, 0.15) is 31.7 Å². The molecule has 0 unspecified atom stereocenters. The van der Waals surface area contributed by atoms with Crippen molar-refractivity contribution in [3.8, 4) is 0 Å². The molecule has 0 spiro atoms. The summed E-state index contributed by atoms with van der Waals surface area (Å²) in [5, 5.41) is 2.91. The highest BCUT2D eigenvalue weighted by molar-refractivity contribution is 5.85. The van der Waals surface area contributed by atoms with Gasteiger partial charge in [0.05, 0.1) is 6.42 Å². The number of carbonyl (C=O) groups excluding carboxylic acids is 1. The van der Waals surface area contributed by atoms with E-state index in [1.54, 1.807) is 0 Å². The third kappa shape index (κ3) is 6.84. The van der Waals surface area contributed by atoms with Crippen molar-refractivity contribution in [3.05, 3.63) is 29.8 Å². The van der Waals surface area contributed by atoms with Crippen LogP contribution in [0.15, 0.2) is 24.3 Å². The lowest BCUT2D eigenvalue weighted by atomic mass is 10.1. The molecule has 0 fully saturated rings. The van der Waals surface area contributed by atoms with Gasteiger partial charge in [-0.15, -0.1) is 12.4 Å². The lowest BCUT2D eigenvalue weighted by Crippen LogP contribution is -2.26. The van der Waals surface area contributed by atoms with Gasteiger partial charge in [-0.1, -0.05) is 31.9 Å². The van der Waals surface area contributed by atoms with Gasteiger partial charge < -0.3 is 11.1 Å². The van der Waals surface area contributed by atoms with Crippen molar-refractivity contribution >= 4 is 24.0 Å². The van der Waals surface area contributed by atoms with Gasteiger partial charge in [-0.2, -0.15) is 0 Å².